The van der Waals surface area contributed by atoms with Crippen LogP contribution in [0.4, 0.5) is 0 Å². The number of ether oxygens (including phenoxy) is 1. The molecule has 3 aromatic rings. The van der Waals surface area contributed by atoms with Crippen molar-refractivity contribution in [2.24, 2.45) is 0 Å². The van der Waals surface area contributed by atoms with E-state index in [0.29, 0.717) is 22.9 Å². The van der Waals surface area contributed by atoms with Crippen molar-refractivity contribution >= 4 is 28.3 Å². The Balaban J connectivity index is 1.80. The van der Waals surface area contributed by atoms with Gasteiger partial charge in [-0.05, 0) is 42.0 Å². The van der Waals surface area contributed by atoms with Gasteiger partial charge in [-0.2, -0.15) is 0 Å². The molecule has 3 aromatic carbocycles. The maximum Gasteiger partial charge on any atom is 0.256 e. The van der Waals surface area contributed by atoms with E-state index in [1.165, 1.54) is 0 Å². The zero-order valence-electron chi connectivity index (χ0n) is 14.4. The number of fused-ring (bicyclic) bond motifs is 1. The average Bonchev–Trinajstić information content (AvgIpc) is 2.65. The van der Waals surface area contributed by atoms with E-state index in [2.05, 4.69) is 17.2 Å². The molecule has 0 fully saturated rings. The van der Waals surface area contributed by atoms with E-state index in [1.54, 1.807) is 12.1 Å². The highest BCUT2D eigenvalue weighted by Gasteiger charge is 2.15. The maximum absolute atomic E-state index is 12.7. The summed E-state index contributed by atoms with van der Waals surface area (Å²) in [6.07, 6.45) is 0. The Labute approximate surface area is 157 Å². The van der Waals surface area contributed by atoms with Gasteiger partial charge >= 0.3 is 0 Å². The van der Waals surface area contributed by atoms with E-state index in [0.717, 1.165) is 16.3 Å². The third-order valence-electron chi connectivity index (χ3n) is 3.81. The number of rotatable bonds is 4. The summed E-state index contributed by atoms with van der Waals surface area (Å²) in [7, 11) is 0. The number of nitrogens with one attached hydrogen (secondary N) is 1. The van der Waals surface area contributed by atoms with Gasteiger partial charge in [-0.1, -0.05) is 59.8 Å². The summed E-state index contributed by atoms with van der Waals surface area (Å²) < 4.78 is 5.64. The highest BCUT2D eigenvalue weighted by Crippen LogP contribution is 2.28. The molecule has 0 heterocycles. The molecule has 0 saturated heterocycles. The first-order chi connectivity index (χ1) is 12.7. The summed E-state index contributed by atoms with van der Waals surface area (Å²) >= 11 is 5.94. The highest BCUT2D eigenvalue weighted by molar-refractivity contribution is 6.30. The standard InChI is InChI=1S/C22H18ClNO2/c1-2-26-20-13-12-17-9-3-4-11-19(17)21(20)22(25)24-14-6-8-16-7-5-10-18(23)15-16/h3-5,7,9-13,15H,2,14H2,1H3,(H,24,25). The predicted molar refractivity (Wildman–Crippen MR) is 106 cm³/mol. The largest absolute Gasteiger partial charge is 0.493 e. The number of benzene rings is 3. The predicted octanol–water partition coefficient (Wildman–Crippen LogP) is 4.67. The fourth-order valence-electron chi connectivity index (χ4n) is 2.69. The number of carbonyl (C=O) groups is 1. The zero-order chi connectivity index (χ0) is 18.4. The van der Waals surface area contributed by atoms with Gasteiger partial charge < -0.3 is 10.1 Å². The second kappa shape index (κ2) is 8.42. The minimum Gasteiger partial charge on any atom is -0.493 e. The summed E-state index contributed by atoms with van der Waals surface area (Å²) in [4.78, 5) is 12.7. The van der Waals surface area contributed by atoms with Crippen molar-refractivity contribution < 1.29 is 9.53 Å². The molecular weight excluding hydrogens is 346 g/mol. The molecule has 3 rings (SSSR count). The second-order valence-electron chi connectivity index (χ2n) is 5.59. The Kier molecular flexibility index (Phi) is 5.78. The molecule has 0 spiro atoms. The Morgan fingerprint density at radius 3 is 2.77 bits per heavy atom. The number of hydrogen-bond donors (Lipinski definition) is 1. The van der Waals surface area contributed by atoms with Crippen LogP contribution in [0, 0.1) is 11.8 Å². The van der Waals surface area contributed by atoms with E-state index >= 15 is 0 Å². The van der Waals surface area contributed by atoms with Gasteiger partial charge in [-0.25, -0.2) is 0 Å². The lowest BCUT2D eigenvalue weighted by Gasteiger charge is -2.12. The van der Waals surface area contributed by atoms with Crippen molar-refractivity contribution in [3.8, 4) is 17.6 Å². The third-order valence-corrected chi connectivity index (χ3v) is 4.05. The first-order valence-electron chi connectivity index (χ1n) is 8.36. The summed E-state index contributed by atoms with van der Waals surface area (Å²) in [6, 6.07) is 18.8. The van der Waals surface area contributed by atoms with Crippen LogP contribution in [0.15, 0.2) is 60.7 Å². The van der Waals surface area contributed by atoms with E-state index in [1.807, 2.05) is 55.5 Å². The van der Waals surface area contributed by atoms with Crippen LogP contribution >= 0.6 is 11.6 Å². The average molecular weight is 364 g/mol. The quantitative estimate of drug-likeness (QED) is 0.684. The van der Waals surface area contributed by atoms with Gasteiger partial charge in [0.2, 0.25) is 0 Å². The van der Waals surface area contributed by atoms with Gasteiger partial charge in [0.05, 0.1) is 18.7 Å². The van der Waals surface area contributed by atoms with Crippen molar-refractivity contribution in [3.63, 3.8) is 0 Å². The topological polar surface area (TPSA) is 38.3 Å². The summed E-state index contributed by atoms with van der Waals surface area (Å²) in [5.74, 6) is 6.31. The van der Waals surface area contributed by atoms with Crippen LogP contribution in [0.3, 0.4) is 0 Å². The molecule has 0 aliphatic rings. The van der Waals surface area contributed by atoms with Crippen molar-refractivity contribution in [3.05, 3.63) is 76.8 Å². The molecule has 0 atom stereocenters. The van der Waals surface area contributed by atoms with Crippen LogP contribution in [-0.2, 0) is 0 Å². The van der Waals surface area contributed by atoms with E-state index in [-0.39, 0.29) is 12.5 Å². The molecule has 4 heteroatoms. The second-order valence-corrected chi connectivity index (χ2v) is 6.02. The lowest BCUT2D eigenvalue weighted by molar-refractivity contribution is 0.0956. The number of amides is 1. The number of hydrogen-bond acceptors (Lipinski definition) is 2. The molecule has 0 radical (unpaired) electrons. The van der Waals surface area contributed by atoms with Gasteiger partial charge in [0.1, 0.15) is 5.75 Å². The number of carbonyl (C=O) groups excluding carboxylic acids is 1. The van der Waals surface area contributed by atoms with Crippen LogP contribution < -0.4 is 10.1 Å². The van der Waals surface area contributed by atoms with Gasteiger partial charge in [0.15, 0.2) is 0 Å². The van der Waals surface area contributed by atoms with Gasteiger partial charge in [-0.15, -0.1) is 0 Å². The van der Waals surface area contributed by atoms with E-state index in [4.69, 9.17) is 16.3 Å². The SMILES string of the molecule is CCOc1ccc2ccccc2c1C(=O)NCC#Cc1cccc(Cl)c1. The summed E-state index contributed by atoms with van der Waals surface area (Å²) in [6.45, 7) is 2.63. The summed E-state index contributed by atoms with van der Waals surface area (Å²) in [5.41, 5.74) is 1.35. The molecule has 0 unspecified atom stereocenters. The molecule has 0 aromatic heterocycles. The monoisotopic (exact) mass is 363 g/mol. The lowest BCUT2D eigenvalue weighted by Crippen LogP contribution is -2.24. The van der Waals surface area contributed by atoms with Crippen molar-refractivity contribution in [2.75, 3.05) is 13.2 Å². The zero-order valence-corrected chi connectivity index (χ0v) is 15.1. The van der Waals surface area contributed by atoms with Crippen LogP contribution in [0.2, 0.25) is 5.02 Å². The van der Waals surface area contributed by atoms with Crippen LogP contribution in [0.25, 0.3) is 10.8 Å². The minimum atomic E-state index is -0.203. The van der Waals surface area contributed by atoms with E-state index < -0.39 is 0 Å². The van der Waals surface area contributed by atoms with Crippen molar-refractivity contribution in [1.82, 2.24) is 5.32 Å². The molecule has 1 amide bonds. The highest BCUT2D eigenvalue weighted by atomic mass is 35.5. The fraction of sp³-hybridized carbons (Fsp3) is 0.136. The Bertz CT molecular complexity index is 1000. The molecule has 130 valence electrons. The van der Waals surface area contributed by atoms with Crippen molar-refractivity contribution in [2.45, 2.75) is 6.92 Å². The Morgan fingerprint density at radius 1 is 1.12 bits per heavy atom. The molecule has 0 bridgehead atoms. The molecule has 0 aliphatic carbocycles. The van der Waals surface area contributed by atoms with Gasteiger partial charge in [0.25, 0.3) is 5.91 Å². The summed E-state index contributed by atoms with van der Waals surface area (Å²) in [5, 5.41) is 5.34. The smallest absolute Gasteiger partial charge is 0.256 e. The maximum atomic E-state index is 12.7. The Hall–Kier alpha value is -2.96. The third kappa shape index (κ3) is 4.17. The van der Waals surface area contributed by atoms with Crippen molar-refractivity contribution in [1.29, 1.82) is 0 Å². The van der Waals surface area contributed by atoms with Gasteiger partial charge in [-0.3, -0.25) is 4.79 Å². The first kappa shape index (κ1) is 17.8. The molecule has 26 heavy (non-hydrogen) atoms. The molecular formula is C22H18ClNO2. The van der Waals surface area contributed by atoms with E-state index in [9.17, 15) is 4.79 Å². The van der Waals surface area contributed by atoms with Crippen LogP contribution in [-0.4, -0.2) is 19.1 Å². The Morgan fingerprint density at radius 2 is 1.96 bits per heavy atom. The molecule has 0 saturated carbocycles. The minimum absolute atomic E-state index is 0.203. The first-order valence-corrected chi connectivity index (χ1v) is 8.74. The van der Waals surface area contributed by atoms with Crippen LogP contribution in [0.1, 0.15) is 22.8 Å². The number of halogens is 1. The normalized spacial score (nSPS) is 10.1. The molecule has 3 nitrogen and oxygen atoms in total. The lowest BCUT2D eigenvalue weighted by atomic mass is 10.0. The molecule has 0 aliphatic heterocycles. The molecule has 1 N–H and O–H groups in total. The fourth-order valence-corrected chi connectivity index (χ4v) is 2.88. The van der Waals surface area contributed by atoms with Gasteiger partial charge in [0, 0.05) is 10.6 Å². The van der Waals surface area contributed by atoms with Crippen LogP contribution in [0.5, 0.6) is 5.75 Å².